The van der Waals surface area contributed by atoms with Crippen molar-refractivity contribution in [2.75, 3.05) is 18.6 Å². The molecule has 6 nitrogen and oxygen atoms in total. The van der Waals surface area contributed by atoms with Gasteiger partial charge in [-0.2, -0.15) is 0 Å². The van der Waals surface area contributed by atoms with Crippen molar-refractivity contribution in [3.8, 4) is 5.75 Å². The van der Waals surface area contributed by atoms with E-state index in [0.29, 0.717) is 17.0 Å². The zero-order valence-corrected chi connectivity index (χ0v) is 18.8. The van der Waals surface area contributed by atoms with E-state index >= 15 is 0 Å². The fraction of sp³-hybridized carbons (Fsp3) is 0.125. The van der Waals surface area contributed by atoms with Crippen LogP contribution < -0.4 is 15.0 Å². The van der Waals surface area contributed by atoms with E-state index in [9.17, 15) is 18.8 Å². The highest BCUT2D eigenvalue weighted by Crippen LogP contribution is 2.35. The Morgan fingerprint density at radius 2 is 1.76 bits per heavy atom. The summed E-state index contributed by atoms with van der Waals surface area (Å²) in [5.74, 6) is -1.90. The van der Waals surface area contributed by atoms with Gasteiger partial charge in [-0.25, -0.2) is 9.29 Å². The number of methoxy groups -OCH3 is 1. The predicted octanol–water partition coefficient (Wildman–Crippen LogP) is 4.91. The van der Waals surface area contributed by atoms with E-state index in [2.05, 4.69) is 5.32 Å². The Morgan fingerprint density at radius 1 is 1.00 bits per heavy atom. The first kappa shape index (κ1) is 22.8. The predicted molar refractivity (Wildman–Crippen MR) is 123 cm³/mol. The normalized spacial score (nSPS) is 12.7. The van der Waals surface area contributed by atoms with Crippen molar-refractivity contribution in [3.05, 3.63) is 92.7 Å². The third kappa shape index (κ3) is 4.42. The number of carbonyl (C=O) groups excluding carboxylic acids is 3. The van der Waals surface area contributed by atoms with Crippen molar-refractivity contribution in [2.45, 2.75) is 6.42 Å². The van der Waals surface area contributed by atoms with Gasteiger partial charge in [0.1, 0.15) is 0 Å². The van der Waals surface area contributed by atoms with Crippen LogP contribution in [0.1, 0.15) is 36.6 Å². The first-order chi connectivity index (χ1) is 15.8. The zero-order valence-electron chi connectivity index (χ0n) is 17.3. The standard InChI is InChI=1S/C24H17Cl2FN2O4/c1-33-21-7-2-13(10-19(21)27)8-9-28-22(30)14-3-5-16-17(11-14)24(32)29(23(16)31)20-12-15(25)4-6-18(20)26/h2-7,10-12H,8-9H2,1H3,(H,28,30). The summed E-state index contributed by atoms with van der Waals surface area (Å²) in [5, 5.41) is 3.25. The van der Waals surface area contributed by atoms with Gasteiger partial charge in [0, 0.05) is 17.1 Å². The van der Waals surface area contributed by atoms with Crippen LogP contribution in [0.15, 0.2) is 54.6 Å². The van der Waals surface area contributed by atoms with Gasteiger partial charge in [-0.3, -0.25) is 14.4 Å². The van der Waals surface area contributed by atoms with Gasteiger partial charge in [-0.15, -0.1) is 0 Å². The van der Waals surface area contributed by atoms with Gasteiger partial charge in [0.05, 0.1) is 28.9 Å². The highest BCUT2D eigenvalue weighted by molar-refractivity contribution is 6.41. The molecular formula is C24H17Cl2FN2O4. The summed E-state index contributed by atoms with van der Waals surface area (Å²) >= 11 is 12.2. The highest BCUT2D eigenvalue weighted by atomic mass is 35.5. The maximum Gasteiger partial charge on any atom is 0.266 e. The number of benzene rings is 3. The Morgan fingerprint density at radius 3 is 2.48 bits per heavy atom. The number of hydrogen-bond acceptors (Lipinski definition) is 4. The summed E-state index contributed by atoms with van der Waals surface area (Å²) < 4.78 is 18.7. The number of carbonyl (C=O) groups is 3. The molecule has 3 amide bonds. The van der Waals surface area contributed by atoms with E-state index in [0.717, 1.165) is 4.90 Å². The Balaban J connectivity index is 1.48. The minimum atomic E-state index is -0.595. The third-order valence-electron chi connectivity index (χ3n) is 5.21. The molecule has 0 saturated carbocycles. The molecule has 4 rings (SSSR count). The van der Waals surface area contributed by atoms with Crippen LogP contribution in [0.3, 0.4) is 0 Å². The largest absolute Gasteiger partial charge is 0.494 e. The third-order valence-corrected chi connectivity index (χ3v) is 5.77. The molecule has 0 aromatic heterocycles. The average Bonchev–Trinajstić information content (AvgIpc) is 3.05. The minimum absolute atomic E-state index is 0.0981. The molecule has 1 aliphatic heterocycles. The fourth-order valence-electron chi connectivity index (χ4n) is 3.55. The fourth-order valence-corrected chi connectivity index (χ4v) is 3.91. The van der Waals surface area contributed by atoms with Gasteiger partial charge in [-0.05, 0) is 60.5 Å². The van der Waals surface area contributed by atoms with Crippen LogP contribution in [0.25, 0.3) is 0 Å². The average molecular weight is 487 g/mol. The first-order valence-electron chi connectivity index (χ1n) is 9.88. The molecule has 33 heavy (non-hydrogen) atoms. The van der Waals surface area contributed by atoms with Crippen molar-refractivity contribution in [3.63, 3.8) is 0 Å². The molecule has 1 aliphatic rings. The molecule has 3 aromatic rings. The highest BCUT2D eigenvalue weighted by Gasteiger charge is 2.38. The molecule has 3 aromatic carbocycles. The monoisotopic (exact) mass is 486 g/mol. The second-order valence-electron chi connectivity index (χ2n) is 7.28. The summed E-state index contributed by atoms with van der Waals surface area (Å²) in [6.45, 7) is 0.249. The number of nitrogens with zero attached hydrogens (tertiary/aromatic N) is 1. The molecule has 0 atom stereocenters. The molecule has 0 fully saturated rings. The summed E-state index contributed by atoms with van der Waals surface area (Å²) in [5.41, 5.74) is 1.35. The molecule has 1 N–H and O–H groups in total. The van der Waals surface area contributed by atoms with Crippen molar-refractivity contribution in [1.82, 2.24) is 5.32 Å². The molecule has 0 aliphatic carbocycles. The summed E-state index contributed by atoms with van der Waals surface area (Å²) in [7, 11) is 1.38. The topological polar surface area (TPSA) is 75.7 Å². The van der Waals surface area contributed by atoms with Gasteiger partial charge in [0.15, 0.2) is 11.6 Å². The molecule has 168 valence electrons. The molecule has 0 unspecified atom stereocenters. The molecular weight excluding hydrogens is 470 g/mol. The Labute approximate surface area is 198 Å². The van der Waals surface area contributed by atoms with E-state index in [1.165, 1.54) is 49.6 Å². The molecule has 1 heterocycles. The van der Waals surface area contributed by atoms with Crippen molar-refractivity contribution < 1.29 is 23.5 Å². The smallest absolute Gasteiger partial charge is 0.266 e. The van der Waals surface area contributed by atoms with Crippen molar-refractivity contribution in [1.29, 1.82) is 0 Å². The number of hydrogen-bond donors (Lipinski definition) is 1. The number of nitrogens with one attached hydrogen (secondary N) is 1. The second-order valence-corrected chi connectivity index (χ2v) is 8.12. The lowest BCUT2D eigenvalue weighted by Crippen LogP contribution is -2.29. The van der Waals surface area contributed by atoms with E-state index in [1.807, 2.05) is 0 Å². The number of anilines is 1. The van der Waals surface area contributed by atoms with Crippen LogP contribution in [0.5, 0.6) is 5.75 Å². The zero-order chi connectivity index (χ0) is 23.7. The van der Waals surface area contributed by atoms with E-state index in [-0.39, 0.29) is 39.7 Å². The molecule has 0 spiro atoms. The number of fused-ring (bicyclic) bond motifs is 1. The van der Waals surface area contributed by atoms with Crippen LogP contribution >= 0.6 is 23.2 Å². The maximum atomic E-state index is 13.8. The molecule has 0 bridgehead atoms. The molecule has 0 radical (unpaired) electrons. The molecule has 9 heteroatoms. The van der Waals surface area contributed by atoms with Crippen LogP contribution in [0, 0.1) is 5.82 Å². The number of ether oxygens (including phenoxy) is 1. The van der Waals surface area contributed by atoms with Crippen LogP contribution in [0.4, 0.5) is 10.1 Å². The second kappa shape index (κ2) is 9.21. The number of amides is 3. The van der Waals surface area contributed by atoms with E-state index < -0.39 is 23.5 Å². The lowest BCUT2D eigenvalue weighted by molar-refractivity contribution is 0.0923. The SMILES string of the molecule is COc1ccc(CCNC(=O)c2ccc3c(c2)C(=O)N(c2cc(Cl)ccc2Cl)C3=O)cc1F. The van der Waals surface area contributed by atoms with E-state index in [4.69, 9.17) is 27.9 Å². The summed E-state index contributed by atoms with van der Waals surface area (Å²) in [4.78, 5) is 39.3. The molecule has 0 saturated heterocycles. The van der Waals surface area contributed by atoms with Crippen LogP contribution in [-0.4, -0.2) is 31.4 Å². The van der Waals surface area contributed by atoms with Gasteiger partial charge in [0.25, 0.3) is 17.7 Å². The van der Waals surface area contributed by atoms with Crippen LogP contribution in [0.2, 0.25) is 10.0 Å². The minimum Gasteiger partial charge on any atom is -0.494 e. The quantitative estimate of drug-likeness (QED) is 0.502. The lowest BCUT2D eigenvalue weighted by Gasteiger charge is -2.15. The maximum absolute atomic E-state index is 13.8. The van der Waals surface area contributed by atoms with Gasteiger partial charge in [0.2, 0.25) is 0 Å². The van der Waals surface area contributed by atoms with Gasteiger partial charge >= 0.3 is 0 Å². The Bertz CT molecular complexity index is 1300. The summed E-state index contributed by atoms with van der Waals surface area (Å²) in [6, 6.07) is 13.3. The number of imide groups is 1. The lowest BCUT2D eigenvalue weighted by atomic mass is 10.1. The van der Waals surface area contributed by atoms with Crippen molar-refractivity contribution in [2.24, 2.45) is 0 Å². The number of rotatable bonds is 6. The number of halogens is 3. The Kier molecular flexibility index (Phi) is 6.35. The van der Waals surface area contributed by atoms with E-state index in [1.54, 1.807) is 12.1 Å². The first-order valence-corrected chi connectivity index (χ1v) is 10.6. The van der Waals surface area contributed by atoms with Gasteiger partial charge in [-0.1, -0.05) is 29.3 Å². The van der Waals surface area contributed by atoms with Crippen molar-refractivity contribution >= 4 is 46.6 Å². The summed E-state index contributed by atoms with van der Waals surface area (Å²) in [6.07, 6.45) is 0.399. The van der Waals surface area contributed by atoms with Crippen LogP contribution in [-0.2, 0) is 6.42 Å². The Hall–Kier alpha value is -3.42. The van der Waals surface area contributed by atoms with Gasteiger partial charge < -0.3 is 10.1 Å².